The topological polar surface area (TPSA) is 96.2 Å². The fraction of sp³-hybridized carbons (Fsp3) is 0.421. The van der Waals surface area contributed by atoms with Crippen molar-refractivity contribution in [2.45, 2.75) is 38.5 Å². The number of imidazole rings is 1. The van der Waals surface area contributed by atoms with Gasteiger partial charge in [-0.2, -0.15) is 8.42 Å². The average molecular weight is 402 g/mol. The predicted molar refractivity (Wildman–Crippen MR) is 103 cm³/mol. The third kappa shape index (κ3) is 4.21. The number of nitrogens with zero attached hydrogens (tertiary/aromatic N) is 4. The second kappa shape index (κ2) is 7.94. The lowest BCUT2D eigenvalue weighted by atomic mass is 10.1. The average Bonchev–Trinajstić information content (AvgIpc) is 3.07. The second-order valence-electron chi connectivity index (χ2n) is 6.84. The normalized spacial score (nSPS) is 17.8. The smallest absolute Gasteiger partial charge is 0.264 e. The van der Waals surface area contributed by atoms with Crippen molar-refractivity contribution in [2.24, 2.45) is 0 Å². The molecule has 1 atom stereocenters. The van der Waals surface area contributed by atoms with E-state index in [0.717, 1.165) is 36.8 Å². The fourth-order valence-corrected chi connectivity index (χ4v) is 3.73. The molecule has 1 fully saturated rings. The molecule has 8 nitrogen and oxygen atoms in total. The Bertz CT molecular complexity index is 1060. The van der Waals surface area contributed by atoms with E-state index >= 15 is 0 Å². The molecule has 0 amide bonds. The summed E-state index contributed by atoms with van der Waals surface area (Å²) in [6, 6.07) is 9.99. The zero-order valence-corrected chi connectivity index (χ0v) is 16.4. The van der Waals surface area contributed by atoms with Crippen LogP contribution in [0.15, 0.2) is 36.7 Å². The molecular formula is C19H22N4O4S. The molecule has 1 aliphatic heterocycles. The molecule has 1 saturated heterocycles. The van der Waals surface area contributed by atoms with E-state index in [2.05, 4.69) is 15.0 Å². The van der Waals surface area contributed by atoms with Gasteiger partial charge in [-0.1, -0.05) is 30.3 Å². The van der Waals surface area contributed by atoms with E-state index in [1.807, 2.05) is 34.9 Å². The number of ether oxygens (including phenoxy) is 1. The minimum Gasteiger partial charge on any atom is -0.358 e. The van der Waals surface area contributed by atoms with Gasteiger partial charge in [0.25, 0.3) is 10.1 Å². The van der Waals surface area contributed by atoms with Crippen LogP contribution in [-0.2, 0) is 32.1 Å². The molecule has 0 radical (unpaired) electrons. The van der Waals surface area contributed by atoms with Crippen LogP contribution in [0.4, 0.5) is 0 Å². The summed E-state index contributed by atoms with van der Waals surface area (Å²) >= 11 is 0. The van der Waals surface area contributed by atoms with Crippen molar-refractivity contribution >= 4 is 21.3 Å². The number of benzene rings is 1. The minimum atomic E-state index is -3.60. The maximum Gasteiger partial charge on any atom is 0.264 e. The molecule has 148 valence electrons. The van der Waals surface area contributed by atoms with Crippen LogP contribution in [0.3, 0.4) is 0 Å². The van der Waals surface area contributed by atoms with Crippen LogP contribution >= 0.6 is 0 Å². The second-order valence-corrected chi connectivity index (χ2v) is 8.48. The van der Waals surface area contributed by atoms with Gasteiger partial charge in [0.1, 0.15) is 30.5 Å². The van der Waals surface area contributed by atoms with Gasteiger partial charge in [-0.15, -0.1) is 0 Å². The van der Waals surface area contributed by atoms with E-state index in [1.54, 1.807) is 0 Å². The van der Waals surface area contributed by atoms with E-state index in [1.165, 1.54) is 6.33 Å². The largest absolute Gasteiger partial charge is 0.358 e. The minimum absolute atomic E-state index is 0.167. The Morgan fingerprint density at radius 1 is 1.21 bits per heavy atom. The summed E-state index contributed by atoms with van der Waals surface area (Å²) < 4.78 is 35.8. The number of rotatable bonds is 6. The van der Waals surface area contributed by atoms with E-state index in [9.17, 15) is 8.42 Å². The van der Waals surface area contributed by atoms with Gasteiger partial charge in [0.2, 0.25) is 0 Å². The molecule has 0 bridgehead atoms. The molecule has 0 saturated carbocycles. The zero-order valence-electron chi connectivity index (χ0n) is 15.6. The Morgan fingerprint density at radius 2 is 2.04 bits per heavy atom. The van der Waals surface area contributed by atoms with Gasteiger partial charge in [-0.05, 0) is 24.8 Å². The van der Waals surface area contributed by atoms with Crippen molar-refractivity contribution in [1.82, 2.24) is 19.5 Å². The maximum absolute atomic E-state index is 11.5. The first-order chi connectivity index (χ1) is 13.5. The summed E-state index contributed by atoms with van der Waals surface area (Å²) in [6.45, 7) is 0.485. The van der Waals surface area contributed by atoms with Crippen molar-refractivity contribution in [3.05, 3.63) is 53.7 Å². The molecule has 1 aliphatic rings. The van der Waals surface area contributed by atoms with Gasteiger partial charge in [-0.25, -0.2) is 15.0 Å². The van der Waals surface area contributed by atoms with E-state index in [4.69, 9.17) is 8.92 Å². The van der Waals surface area contributed by atoms with Crippen LogP contribution < -0.4 is 0 Å². The molecule has 28 heavy (non-hydrogen) atoms. The Labute approximate surface area is 163 Å². The standard InChI is InChI=1S/C19H22N4O4S/c1-28(24,25)27-12-16-22-18-15(11-14-7-3-2-4-8-14)20-13-21-19(18)23(16)17-9-5-6-10-26-17/h2-4,7-8,13,17H,5-6,9-12H2,1H3. The number of hydrogen-bond acceptors (Lipinski definition) is 7. The van der Waals surface area contributed by atoms with Crippen LogP contribution in [0.2, 0.25) is 0 Å². The highest BCUT2D eigenvalue weighted by Crippen LogP contribution is 2.29. The van der Waals surface area contributed by atoms with Crippen molar-refractivity contribution in [3.63, 3.8) is 0 Å². The molecular weight excluding hydrogens is 380 g/mol. The van der Waals surface area contributed by atoms with Gasteiger partial charge in [0, 0.05) is 13.0 Å². The Kier molecular flexibility index (Phi) is 5.38. The van der Waals surface area contributed by atoms with Gasteiger partial charge < -0.3 is 4.74 Å². The first-order valence-corrected chi connectivity index (χ1v) is 11.0. The van der Waals surface area contributed by atoms with Crippen LogP contribution in [-0.4, -0.2) is 40.8 Å². The third-order valence-corrected chi connectivity index (χ3v) is 5.23. The quantitative estimate of drug-likeness (QED) is 0.585. The summed E-state index contributed by atoms with van der Waals surface area (Å²) in [6.07, 6.45) is 5.76. The van der Waals surface area contributed by atoms with E-state index < -0.39 is 10.1 Å². The molecule has 1 aromatic carbocycles. The molecule has 0 aliphatic carbocycles. The van der Waals surface area contributed by atoms with Crippen molar-refractivity contribution in [3.8, 4) is 0 Å². The van der Waals surface area contributed by atoms with E-state index in [-0.39, 0.29) is 12.8 Å². The molecule has 3 heterocycles. The number of aromatic nitrogens is 4. The lowest BCUT2D eigenvalue weighted by Crippen LogP contribution is -2.21. The summed E-state index contributed by atoms with van der Waals surface area (Å²) in [5, 5.41) is 0. The fourth-order valence-electron chi connectivity index (χ4n) is 3.41. The lowest BCUT2D eigenvalue weighted by Gasteiger charge is -2.25. The molecule has 0 spiro atoms. The van der Waals surface area contributed by atoms with Gasteiger partial charge in [0.15, 0.2) is 5.65 Å². The number of hydrogen-bond donors (Lipinski definition) is 0. The Morgan fingerprint density at radius 3 is 2.75 bits per heavy atom. The van der Waals surface area contributed by atoms with Crippen molar-refractivity contribution in [1.29, 1.82) is 0 Å². The molecule has 1 unspecified atom stereocenters. The van der Waals surface area contributed by atoms with Crippen LogP contribution in [0.1, 0.15) is 42.6 Å². The lowest BCUT2D eigenvalue weighted by molar-refractivity contribution is -0.0325. The van der Waals surface area contributed by atoms with Crippen molar-refractivity contribution < 1.29 is 17.3 Å². The Hall–Kier alpha value is -2.36. The SMILES string of the molecule is CS(=O)(=O)OCc1nc2c(Cc3ccccc3)ncnc2n1C1CCCCO1. The number of fused-ring (bicyclic) bond motifs is 1. The molecule has 3 aromatic rings. The van der Waals surface area contributed by atoms with Gasteiger partial charge in [0.05, 0.1) is 11.9 Å². The van der Waals surface area contributed by atoms with Gasteiger partial charge >= 0.3 is 0 Å². The van der Waals surface area contributed by atoms with Crippen LogP contribution in [0.5, 0.6) is 0 Å². The van der Waals surface area contributed by atoms with Gasteiger partial charge in [-0.3, -0.25) is 8.75 Å². The maximum atomic E-state index is 11.5. The highest BCUT2D eigenvalue weighted by atomic mass is 32.2. The summed E-state index contributed by atoms with van der Waals surface area (Å²) in [7, 11) is -3.60. The zero-order chi connectivity index (χ0) is 19.6. The molecule has 9 heteroatoms. The molecule has 4 rings (SSSR count). The first kappa shape index (κ1) is 19.0. The summed E-state index contributed by atoms with van der Waals surface area (Å²) in [5.74, 6) is 0.474. The highest BCUT2D eigenvalue weighted by Gasteiger charge is 2.25. The third-order valence-electron chi connectivity index (χ3n) is 4.69. The predicted octanol–water partition coefficient (Wildman–Crippen LogP) is 2.59. The molecule has 2 aromatic heterocycles. The first-order valence-electron chi connectivity index (χ1n) is 9.22. The monoisotopic (exact) mass is 402 g/mol. The summed E-state index contributed by atoms with van der Waals surface area (Å²) in [5.41, 5.74) is 3.18. The molecule has 0 N–H and O–H groups in total. The van der Waals surface area contributed by atoms with Crippen LogP contribution in [0, 0.1) is 0 Å². The van der Waals surface area contributed by atoms with E-state index in [0.29, 0.717) is 30.0 Å². The van der Waals surface area contributed by atoms with Crippen molar-refractivity contribution in [2.75, 3.05) is 12.9 Å². The Balaban J connectivity index is 1.77. The summed E-state index contributed by atoms with van der Waals surface area (Å²) in [4.78, 5) is 13.5. The van der Waals surface area contributed by atoms with Crippen LogP contribution in [0.25, 0.3) is 11.2 Å². The highest BCUT2D eigenvalue weighted by molar-refractivity contribution is 7.85.